The van der Waals surface area contributed by atoms with Gasteiger partial charge in [-0.25, -0.2) is 0 Å². The molecule has 1 aliphatic rings. The van der Waals surface area contributed by atoms with Crippen LogP contribution in [0.1, 0.15) is 36.6 Å². The van der Waals surface area contributed by atoms with Crippen molar-refractivity contribution in [1.82, 2.24) is 15.4 Å². The standard InChI is InChI=1S/C18H19N3OS/c1-3-13-7-6-8-14(11-13)17-12-15(20-22-17)16-9-4-5-10-21(16)18(23)19-2/h1,6-8,11-12,16H,4-5,9-10H2,2H3,(H,19,23)/t16-/m1/s1. The third kappa shape index (κ3) is 3.22. The maximum atomic E-state index is 5.56. The lowest BCUT2D eigenvalue weighted by molar-refractivity contribution is 0.231. The van der Waals surface area contributed by atoms with Crippen LogP contribution in [0.4, 0.5) is 0 Å². The number of likely N-dealkylation sites (tertiary alicyclic amines) is 1. The number of hydrogen-bond donors (Lipinski definition) is 1. The van der Waals surface area contributed by atoms with E-state index in [-0.39, 0.29) is 6.04 Å². The molecule has 0 saturated carbocycles. The molecule has 1 N–H and O–H groups in total. The maximum Gasteiger partial charge on any atom is 0.169 e. The summed E-state index contributed by atoms with van der Waals surface area (Å²) >= 11 is 5.42. The predicted octanol–water partition coefficient (Wildman–Crippen LogP) is 3.35. The second kappa shape index (κ2) is 6.84. The first-order valence-corrected chi connectivity index (χ1v) is 8.16. The second-order valence-electron chi connectivity index (χ2n) is 5.60. The summed E-state index contributed by atoms with van der Waals surface area (Å²) in [5.74, 6) is 3.38. The summed E-state index contributed by atoms with van der Waals surface area (Å²) in [5.41, 5.74) is 2.69. The molecule has 23 heavy (non-hydrogen) atoms. The minimum absolute atomic E-state index is 0.164. The molecule has 1 aromatic carbocycles. The zero-order valence-electron chi connectivity index (χ0n) is 13.1. The lowest BCUT2D eigenvalue weighted by Gasteiger charge is -2.36. The van der Waals surface area contributed by atoms with E-state index < -0.39 is 0 Å². The van der Waals surface area contributed by atoms with Gasteiger partial charge in [0.15, 0.2) is 10.9 Å². The molecule has 5 heteroatoms. The second-order valence-corrected chi connectivity index (χ2v) is 5.99. The first-order valence-electron chi connectivity index (χ1n) is 7.75. The molecule has 118 valence electrons. The summed E-state index contributed by atoms with van der Waals surface area (Å²) in [6, 6.07) is 9.89. The minimum atomic E-state index is 0.164. The Bertz CT molecular complexity index is 747. The summed E-state index contributed by atoms with van der Waals surface area (Å²) in [6.45, 7) is 0.944. The van der Waals surface area contributed by atoms with Crippen LogP contribution in [0.3, 0.4) is 0 Å². The van der Waals surface area contributed by atoms with Gasteiger partial charge in [0, 0.05) is 30.8 Å². The van der Waals surface area contributed by atoms with Crippen LogP contribution in [-0.2, 0) is 0 Å². The largest absolute Gasteiger partial charge is 0.366 e. The van der Waals surface area contributed by atoms with Crippen LogP contribution in [0.5, 0.6) is 0 Å². The fourth-order valence-electron chi connectivity index (χ4n) is 2.97. The molecule has 3 rings (SSSR count). The van der Waals surface area contributed by atoms with Gasteiger partial charge in [0.2, 0.25) is 0 Å². The quantitative estimate of drug-likeness (QED) is 0.677. The molecule has 1 saturated heterocycles. The van der Waals surface area contributed by atoms with Crippen molar-refractivity contribution in [3.05, 3.63) is 41.6 Å². The Kier molecular flexibility index (Phi) is 4.63. The van der Waals surface area contributed by atoms with Crippen LogP contribution in [0, 0.1) is 12.3 Å². The van der Waals surface area contributed by atoms with Crippen molar-refractivity contribution >= 4 is 17.3 Å². The van der Waals surface area contributed by atoms with Crippen LogP contribution >= 0.6 is 12.2 Å². The highest BCUT2D eigenvalue weighted by molar-refractivity contribution is 7.80. The lowest BCUT2D eigenvalue weighted by atomic mass is 9.99. The molecule has 0 unspecified atom stereocenters. The molecule has 1 fully saturated rings. The highest BCUT2D eigenvalue weighted by Crippen LogP contribution is 2.32. The van der Waals surface area contributed by atoms with Crippen molar-refractivity contribution in [2.24, 2.45) is 0 Å². The van der Waals surface area contributed by atoms with E-state index in [1.165, 1.54) is 6.42 Å². The fraction of sp³-hybridized carbons (Fsp3) is 0.333. The lowest BCUT2D eigenvalue weighted by Crippen LogP contribution is -2.43. The number of thiocarbonyl (C=S) groups is 1. The van der Waals surface area contributed by atoms with Gasteiger partial charge in [-0.15, -0.1) is 6.42 Å². The van der Waals surface area contributed by atoms with Crippen molar-refractivity contribution in [3.8, 4) is 23.7 Å². The molecule has 0 amide bonds. The van der Waals surface area contributed by atoms with Gasteiger partial charge in [0.25, 0.3) is 0 Å². The Balaban J connectivity index is 1.88. The van der Waals surface area contributed by atoms with Crippen LogP contribution in [0.25, 0.3) is 11.3 Å². The zero-order chi connectivity index (χ0) is 16.2. The van der Waals surface area contributed by atoms with E-state index >= 15 is 0 Å². The topological polar surface area (TPSA) is 41.3 Å². The van der Waals surface area contributed by atoms with Crippen molar-refractivity contribution in [1.29, 1.82) is 0 Å². The SMILES string of the molecule is C#Cc1cccc(-c2cc([C@H]3CCCCN3C(=S)NC)no2)c1. The molecule has 0 spiro atoms. The third-order valence-electron chi connectivity index (χ3n) is 4.16. The smallest absolute Gasteiger partial charge is 0.169 e. The summed E-state index contributed by atoms with van der Waals surface area (Å²) < 4.78 is 5.56. The molecule has 0 radical (unpaired) electrons. The Labute approximate surface area is 141 Å². The number of piperidine rings is 1. The van der Waals surface area contributed by atoms with Gasteiger partial charge >= 0.3 is 0 Å². The van der Waals surface area contributed by atoms with Gasteiger partial charge in [-0.05, 0) is 43.6 Å². The number of hydrogen-bond acceptors (Lipinski definition) is 3. The minimum Gasteiger partial charge on any atom is -0.366 e. The molecule has 0 bridgehead atoms. The van der Waals surface area contributed by atoms with Gasteiger partial charge in [0.05, 0.1) is 6.04 Å². The number of benzene rings is 1. The highest BCUT2D eigenvalue weighted by Gasteiger charge is 2.28. The first-order chi connectivity index (χ1) is 11.2. The third-order valence-corrected chi connectivity index (χ3v) is 4.60. The van der Waals surface area contributed by atoms with Crippen LogP contribution < -0.4 is 5.32 Å². The average molecular weight is 325 g/mol. The van der Waals surface area contributed by atoms with Gasteiger partial charge < -0.3 is 14.7 Å². The predicted molar refractivity (Wildman–Crippen MR) is 94.8 cm³/mol. The molecule has 1 atom stereocenters. The number of nitrogens with zero attached hydrogens (tertiary/aromatic N) is 2. The van der Waals surface area contributed by atoms with E-state index in [4.69, 9.17) is 23.2 Å². The Morgan fingerprint density at radius 2 is 2.30 bits per heavy atom. The Hall–Kier alpha value is -2.32. The Morgan fingerprint density at radius 3 is 3.09 bits per heavy atom. The average Bonchev–Trinajstić information content (AvgIpc) is 3.11. The van der Waals surface area contributed by atoms with Crippen molar-refractivity contribution < 1.29 is 4.52 Å². The summed E-state index contributed by atoms with van der Waals surface area (Å²) in [5, 5.41) is 8.11. The summed E-state index contributed by atoms with van der Waals surface area (Å²) in [4.78, 5) is 2.19. The van der Waals surface area contributed by atoms with Crippen LogP contribution in [-0.4, -0.2) is 28.8 Å². The maximum absolute atomic E-state index is 5.56. The first kappa shape index (κ1) is 15.6. The van der Waals surface area contributed by atoms with E-state index in [2.05, 4.69) is 21.3 Å². The molecule has 4 nitrogen and oxygen atoms in total. The van der Waals surface area contributed by atoms with Crippen molar-refractivity contribution in [2.45, 2.75) is 25.3 Å². The van der Waals surface area contributed by atoms with Gasteiger partial charge in [-0.2, -0.15) is 0 Å². The molecule has 2 aromatic rings. The van der Waals surface area contributed by atoms with E-state index in [0.29, 0.717) is 0 Å². The fourth-order valence-corrected chi connectivity index (χ4v) is 3.19. The van der Waals surface area contributed by atoms with E-state index in [9.17, 15) is 0 Å². The van der Waals surface area contributed by atoms with E-state index in [0.717, 1.165) is 47.1 Å². The summed E-state index contributed by atoms with van der Waals surface area (Å²) in [6.07, 6.45) is 8.80. The highest BCUT2D eigenvalue weighted by atomic mass is 32.1. The number of aromatic nitrogens is 1. The van der Waals surface area contributed by atoms with Gasteiger partial charge in [0.1, 0.15) is 5.69 Å². The van der Waals surface area contributed by atoms with Gasteiger partial charge in [-0.1, -0.05) is 23.2 Å². The van der Waals surface area contributed by atoms with Crippen LogP contribution in [0.15, 0.2) is 34.9 Å². The monoisotopic (exact) mass is 325 g/mol. The number of rotatable bonds is 2. The molecule has 0 aliphatic carbocycles. The van der Waals surface area contributed by atoms with Crippen molar-refractivity contribution in [3.63, 3.8) is 0 Å². The van der Waals surface area contributed by atoms with Gasteiger partial charge in [-0.3, -0.25) is 0 Å². The summed E-state index contributed by atoms with van der Waals surface area (Å²) in [7, 11) is 1.85. The van der Waals surface area contributed by atoms with E-state index in [1.807, 2.05) is 37.4 Å². The van der Waals surface area contributed by atoms with Crippen molar-refractivity contribution in [2.75, 3.05) is 13.6 Å². The van der Waals surface area contributed by atoms with E-state index in [1.54, 1.807) is 0 Å². The molecular weight excluding hydrogens is 306 g/mol. The normalized spacial score (nSPS) is 17.6. The Morgan fingerprint density at radius 1 is 1.43 bits per heavy atom. The molecular formula is C18H19N3OS. The molecule has 2 heterocycles. The molecule has 1 aromatic heterocycles. The van der Waals surface area contributed by atoms with Crippen LogP contribution in [0.2, 0.25) is 0 Å². The number of terminal acetylenes is 1. The number of nitrogens with one attached hydrogen (secondary N) is 1. The zero-order valence-corrected chi connectivity index (χ0v) is 13.9. The molecule has 1 aliphatic heterocycles.